The molecule has 7 nitrogen and oxygen atoms in total. The van der Waals surface area contributed by atoms with Crippen LogP contribution in [0, 0.1) is 13.8 Å². The van der Waals surface area contributed by atoms with Crippen molar-refractivity contribution in [2.45, 2.75) is 32.9 Å². The van der Waals surface area contributed by atoms with Gasteiger partial charge < -0.3 is 15.4 Å². The first kappa shape index (κ1) is 21.4. The number of hydrogen-bond acceptors (Lipinski definition) is 5. The van der Waals surface area contributed by atoms with Gasteiger partial charge in [0.25, 0.3) is 0 Å². The molecule has 0 saturated carbocycles. The minimum atomic E-state index is -0.348. The van der Waals surface area contributed by atoms with Crippen molar-refractivity contribution >= 4 is 36.4 Å². The Morgan fingerprint density at radius 2 is 2.12 bits per heavy atom. The average molecular weight is 388 g/mol. The van der Waals surface area contributed by atoms with E-state index in [1.54, 1.807) is 10.9 Å². The Morgan fingerprint density at radius 1 is 1.36 bits per heavy atom. The third kappa shape index (κ3) is 4.92. The van der Waals surface area contributed by atoms with E-state index in [0.717, 1.165) is 17.2 Å². The minimum absolute atomic E-state index is 0. The summed E-state index contributed by atoms with van der Waals surface area (Å²) < 4.78 is 7.27. The van der Waals surface area contributed by atoms with Gasteiger partial charge in [-0.3, -0.25) is 4.79 Å². The molecule has 2 atom stereocenters. The van der Waals surface area contributed by atoms with E-state index in [1.807, 2.05) is 39.0 Å². The van der Waals surface area contributed by atoms with Crippen LogP contribution in [0.5, 0.6) is 0 Å². The second-order valence-corrected chi connectivity index (χ2v) is 5.74. The van der Waals surface area contributed by atoms with E-state index in [9.17, 15) is 4.79 Å². The van der Waals surface area contributed by atoms with Crippen LogP contribution in [0.2, 0.25) is 0 Å². The molecular weight excluding hydrogens is 365 g/mol. The van der Waals surface area contributed by atoms with Crippen LogP contribution < -0.4 is 10.6 Å². The fraction of sp³-hybridized carbons (Fsp3) is 0.438. The summed E-state index contributed by atoms with van der Waals surface area (Å²) in [6.07, 6.45) is 1.49. The van der Waals surface area contributed by atoms with Crippen molar-refractivity contribution in [1.82, 2.24) is 20.1 Å². The summed E-state index contributed by atoms with van der Waals surface area (Å²) in [5.74, 6) is 0.610. The number of pyridine rings is 1. The summed E-state index contributed by atoms with van der Waals surface area (Å²) in [7, 11) is 0. The largest absolute Gasteiger partial charge is 0.375 e. The fourth-order valence-electron chi connectivity index (χ4n) is 2.69. The van der Waals surface area contributed by atoms with Gasteiger partial charge in [-0.1, -0.05) is 0 Å². The lowest BCUT2D eigenvalue weighted by molar-refractivity contribution is -0.123. The van der Waals surface area contributed by atoms with Crippen LogP contribution in [0.3, 0.4) is 0 Å². The second kappa shape index (κ2) is 9.15. The van der Waals surface area contributed by atoms with Crippen LogP contribution in [-0.4, -0.2) is 46.0 Å². The van der Waals surface area contributed by atoms with Crippen LogP contribution in [0.4, 0.5) is 5.69 Å². The zero-order valence-corrected chi connectivity index (χ0v) is 16.0. The van der Waals surface area contributed by atoms with E-state index in [0.29, 0.717) is 18.8 Å². The molecule has 3 rings (SSSR count). The summed E-state index contributed by atoms with van der Waals surface area (Å²) in [5.41, 5.74) is 2.61. The van der Waals surface area contributed by atoms with Gasteiger partial charge in [0.05, 0.1) is 30.3 Å². The molecule has 0 unspecified atom stereocenters. The number of rotatable bonds is 3. The van der Waals surface area contributed by atoms with Crippen molar-refractivity contribution in [2.75, 3.05) is 18.5 Å². The van der Waals surface area contributed by atoms with Gasteiger partial charge in [-0.25, -0.2) is 9.67 Å². The molecule has 1 saturated heterocycles. The van der Waals surface area contributed by atoms with Gasteiger partial charge in [-0.2, -0.15) is 5.10 Å². The molecule has 0 aliphatic carbocycles. The summed E-state index contributed by atoms with van der Waals surface area (Å²) in [5, 5.41) is 10.4. The van der Waals surface area contributed by atoms with Crippen LogP contribution in [0.1, 0.15) is 18.3 Å². The Balaban J connectivity index is 0.00000156. The highest BCUT2D eigenvalue weighted by atomic mass is 35.5. The number of nitrogens with zero attached hydrogens (tertiary/aromatic N) is 3. The summed E-state index contributed by atoms with van der Waals surface area (Å²) in [6.45, 7) is 7.12. The highest BCUT2D eigenvalue weighted by Crippen LogP contribution is 2.14. The van der Waals surface area contributed by atoms with Gasteiger partial charge in [0, 0.05) is 12.2 Å². The number of halogens is 2. The Morgan fingerprint density at radius 3 is 2.68 bits per heavy atom. The molecule has 2 aromatic rings. The maximum atomic E-state index is 12.3. The first-order valence-electron chi connectivity index (χ1n) is 7.70. The van der Waals surface area contributed by atoms with Gasteiger partial charge in [0.15, 0.2) is 5.82 Å². The Bertz CT molecular complexity index is 705. The molecular formula is C16H23Cl2N5O2. The van der Waals surface area contributed by atoms with E-state index >= 15 is 0 Å². The molecule has 0 aromatic carbocycles. The monoisotopic (exact) mass is 387 g/mol. The molecule has 2 N–H and O–H groups in total. The molecule has 1 aliphatic rings. The van der Waals surface area contributed by atoms with E-state index in [1.165, 1.54) is 0 Å². The minimum Gasteiger partial charge on any atom is -0.375 e. The molecule has 1 aliphatic heterocycles. The first-order chi connectivity index (χ1) is 11.0. The highest BCUT2D eigenvalue weighted by molar-refractivity contribution is 5.95. The van der Waals surface area contributed by atoms with Gasteiger partial charge in [0.1, 0.15) is 6.04 Å². The maximum absolute atomic E-state index is 12.3. The Kier molecular flexibility index (Phi) is 7.82. The molecule has 0 spiro atoms. The lowest BCUT2D eigenvalue weighted by Crippen LogP contribution is -2.53. The van der Waals surface area contributed by atoms with Gasteiger partial charge in [0.2, 0.25) is 5.91 Å². The lowest BCUT2D eigenvalue weighted by Gasteiger charge is -2.29. The number of anilines is 1. The number of carbonyl (C=O) groups is 1. The number of amides is 1. The topological polar surface area (TPSA) is 81.1 Å². The number of hydrogen-bond donors (Lipinski definition) is 2. The quantitative estimate of drug-likeness (QED) is 0.841. The van der Waals surface area contributed by atoms with Crippen molar-refractivity contribution < 1.29 is 9.53 Å². The molecule has 2 aromatic heterocycles. The van der Waals surface area contributed by atoms with Crippen molar-refractivity contribution in [1.29, 1.82) is 0 Å². The number of aromatic nitrogens is 3. The molecule has 1 fully saturated rings. The van der Waals surface area contributed by atoms with Crippen molar-refractivity contribution in [2.24, 2.45) is 0 Å². The third-order valence-electron chi connectivity index (χ3n) is 3.84. The zero-order chi connectivity index (χ0) is 16.4. The number of aryl methyl sites for hydroxylation is 2. The number of morpholine rings is 1. The molecule has 9 heteroatoms. The first-order valence-corrected chi connectivity index (χ1v) is 7.70. The van der Waals surface area contributed by atoms with Crippen molar-refractivity contribution in [3.8, 4) is 5.82 Å². The van der Waals surface area contributed by atoms with E-state index in [2.05, 4.69) is 20.7 Å². The standard InChI is InChI=1S/C16H21N5O2.2ClH/c1-10-8-11(2)21(20-10)14-5-4-13(9-18-14)19-16(22)15-12(3)23-7-6-17-15;;/h4-5,8-9,12,15,17H,6-7H2,1-3H3,(H,19,22);2*1H/t12-,15+;;/m1../s1. The zero-order valence-electron chi connectivity index (χ0n) is 14.4. The van der Waals surface area contributed by atoms with Crippen LogP contribution in [-0.2, 0) is 9.53 Å². The smallest absolute Gasteiger partial charge is 0.244 e. The number of carbonyl (C=O) groups excluding carboxylic acids is 1. The van der Waals surface area contributed by atoms with E-state index in [-0.39, 0.29) is 42.9 Å². The summed E-state index contributed by atoms with van der Waals surface area (Å²) >= 11 is 0. The fourth-order valence-corrected chi connectivity index (χ4v) is 2.69. The average Bonchev–Trinajstić information content (AvgIpc) is 2.87. The predicted molar refractivity (Wildman–Crippen MR) is 101 cm³/mol. The van der Waals surface area contributed by atoms with Gasteiger partial charge in [-0.05, 0) is 39.0 Å². The van der Waals surface area contributed by atoms with Crippen LogP contribution in [0.25, 0.3) is 5.82 Å². The number of ether oxygens (including phenoxy) is 1. The summed E-state index contributed by atoms with van der Waals surface area (Å²) in [4.78, 5) is 16.7. The molecule has 0 bridgehead atoms. The normalized spacial score (nSPS) is 19.5. The molecule has 138 valence electrons. The van der Waals surface area contributed by atoms with Gasteiger partial charge in [-0.15, -0.1) is 24.8 Å². The van der Waals surface area contributed by atoms with Crippen molar-refractivity contribution in [3.63, 3.8) is 0 Å². The Labute approximate surface area is 159 Å². The third-order valence-corrected chi connectivity index (χ3v) is 3.84. The van der Waals surface area contributed by atoms with E-state index in [4.69, 9.17) is 4.74 Å². The molecule has 1 amide bonds. The molecule has 25 heavy (non-hydrogen) atoms. The maximum Gasteiger partial charge on any atom is 0.244 e. The van der Waals surface area contributed by atoms with Crippen LogP contribution >= 0.6 is 24.8 Å². The second-order valence-electron chi connectivity index (χ2n) is 5.74. The highest BCUT2D eigenvalue weighted by Gasteiger charge is 2.28. The Hall–Kier alpha value is -1.67. The van der Waals surface area contributed by atoms with Crippen molar-refractivity contribution in [3.05, 3.63) is 35.8 Å². The SMILES string of the molecule is Cc1cc(C)n(-c2ccc(NC(=O)[C@H]3NCCO[C@@H]3C)cn2)n1.Cl.Cl. The van der Waals surface area contributed by atoms with Gasteiger partial charge >= 0.3 is 0 Å². The summed E-state index contributed by atoms with van der Waals surface area (Å²) in [6, 6.07) is 5.31. The lowest BCUT2D eigenvalue weighted by atomic mass is 10.1. The molecule has 0 radical (unpaired) electrons. The predicted octanol–water partition coefficient (Wildman–Crippen LogP) is 2.04. The molecule has 3 heterocycles. The number of nitrogens with one attached hydrogen (secondary N) is 2. The van der Waals surface area contributed by atoms with Crippen LogP contribution in [0.15, 0.2) is 24.4 Å². The van der Waals surface area contributed by atoms with E-state index < -0.39 is 0 Å².